The zero-order chi connectivity index (χ0) is 13.7. The number of rotatable bonds is 6. The molecule has 1 N–H and O–H groups in total. The molecule has 2 aromatic rings. The predicted octanol–water partition coefficient (Wildman–Crippen LogP) is 3.66. The highest BCUT2D eigenvalue weighted by Gasteiger charge is 2.10. The van der Waals surface area contributed by atoms with Gasteiger partial charge in [0.2, 0.25) is 0 Å². The van der Waals surface area contributed by atoms with Gasteiger partial charge in [-0.05, 0) is 62.7 Å². The fourth-order valence-corrected chi connectivity index (χ4v) is 3.37. The van der Waals surface area contributed by atoms with Crippen LogP contribution in [0.2, 0.25) is 0 Å². The number of thiophene rings is 1. The molecular weight excluding hydrogens is 373 g/mol. The highest BCUT2D eigenvalue weighted by molar-refractivity contribution is 14.1. The van der Waals surface area contributed by atoms with E-state index in [1.165, 1.54) is 11.1 Å². The summed E-state index contributed by atoms with van der Waals surface area (Å²) in [5, 5.41) is 7.68. The summed E-state index contributed by atoms with van der Waals surface area (Å²) in [5.41, 5.74) is 2.51. The molecule has 0 amide bonds. The Balaban J connectivity index is 2.02. The van der Waals surface area contributed by atoms with Gasteiger partial charge in [0.25, 0.3) is 0 Å². The van der Waals surface area contributed by atoms with Crippen LogP contribution in [0.5, 0.6) is 11.5 Å². The molecule has 0 atom stereocenters. The number of benzene rings is 1. The average molecular weight is 389 g/mol. The van der Waals surface area contributed by atoms with Crippen LogP contribution in [-0.4, -0.2) is 14.2 Å². The molecule has 0 saturated heterocycles. The second-order valence-electron chi connectivity index (χ2n) is 4.05. The molecule has 102 valence electrons. The summed E-state index contributed by atoms with van der Waals surface area (Å²) in [6.07, 6.45) is 0. The maximum Gasteiger partial charge on any atom is 0.174 e. The molecule has 0 unspecified atom stereocenters. The van der Waals surface area contributed by atoms with Crippen molar-refractivity contribution in [3.63, 3.8) is 0 Å². The summed E-state index contributed by atoms with van der Waals surface area (Å²) in [5.74, 6) is 1.58. The lowest BCUT2D eigenvalue weighted by Gasteiger charge is -2.12. The third-order valence-electron chi connectivity index (χ3n) is 2.73. The summed E-state index contributed by atoms with van der Waals surface area (Å²) >= 11 is 3.99. The minimum absolute atomic E-state index is 0.779. The van der Waals surface area contributed by atoms with Crippen molar-refractivity contribution in [3.05, 3.63) is 43.7 Å². The molecule has 1 heterocycles. The van der Waals surface area contributed by atoms with E-state index in [0.29, 0.717) is 0 Å². The molecule has 0 bridgehead atoms. The monoisotopic (exact) mass is 389 g/mol. The van der Waals surface area contributed by atoms with Gasteiger partial charge in [-0.3, -0.25) is 0 Å². The fourth-order valence-electron chi connectivity index (χ4n) is 1.82. The summed E-state index contributed by atoms with van der Waals surface area (Å²) in [4.78, 5) is 0. The minimum Gasteiger partial charge on any atom is -0.493 e. The summed E-state index contributed by atoms with van der Waals surface area (Å²) in [6, 6.07) is 6.26. The van der Waals surface area contributed by atoms with E-state index in [-0.39, 0.29) is 0 Å². The number of nitrogens with one attached hydrogen (secondary N) is 1. The van der Waals surface area contributed by atoms with Crippen molar-refractivity contribution >= 4 is 33.9 Å². The molecule has 0 aliphatic rings. The Bertz CT molecular complexity index is 528. The third-order valence-corrected chi connectivity index (χ3v) is 4.27. The van der Waals surface area contributed by atoms with Crippen molar-refractivity contribution < 1.29 is 9.47 Å². The molecule has 0 saturated carbocycles. The van der Waals surface area contributed by atoms with Gasteiger partial charge in [-0.25, -0.2) is 0 Å². The number of hydrogen-bond acceptors (Lipinski definition) is 4. The second-order valence-corrected chi connectivity index (χ2v) is 5.99. The fraction of sp³-hybridized carbons (Fsp3) is 0.286. The quantitative estimate of drug-likeness (QED) is 0.765. The van der Waals surface area contributed by atoms with E-state index >= 15 is 0 Å². The van der Waals surface area contributed by atoms with Gasteiger partial charge in [0.1, 0.15) is 0 Å². The molecule has 1 aromatic carbocycles. The predicted molar refractivity (Wildman–Crippen MR) is 87.1 cm³/mol. The SMILES string of the molecule is COc1cc(CNCc2ccsc2)cc(I)c1OC. The van der Waals surface area contributed by atoms with E-state index in [4.69, 9.17) is 9.47 Å². The molecule has 5 heteroatoms. The van der Waals surface area contributed by atoms with Crippen LogP contribution >= 0.6 is 33.9 Å². The van der Waals surface area contributed by atoms with Gasteiger partial charge in [0, 0.05) is 13.1 Å². The van der Waals surface area contributed by atoms with Crippen LogP contribution in [0, 0.1) is 3.57 Å². The topological polar surface area (TPSA) is 30.5 Å². The number of methoxy groups -OCH3 is 2. The maximum absolute atomic E-state index is 5.35. The van der Waals surface area contributed by atoms with Crippen LogP contribution < -0.4 is 14.8 Å². The Labute approximate surface area is 131 Å². The molecular formula is C14H16INO2S. The van der Waals surface area contributed by atoms with Crippen molar-refractivity contribution in [2.75, 3.05) is 14.2 Å². The van der Waals surface area contributed by atoms with Crippen molar-refractivity contribution in [1.29, 1.82) is 0 Å². The van der Waals surface area contributed by atoms with Crippen LogP contribution in [0.1, 0.15) is 11.1 Å². The standard InChI is InChI=1S/C14H16INO2S/c1-17-13-6-11(5-12(15)14(13)18-2)8-16-7-10-3-4-19-9-10/h3-6,9,16H,7-8H2,1-2H3. The van der Waals surface area contributed by atoms with E-state index in [9.17, 15) is 0 Å². The largest absolute Gasteiger partial charge is 0.493 e. The molecule has 2 rings (SSSR count). The minimum atomic E-state index is 0.779. The second kappa shape index (κ2) is 7.12. The van der Waals surface area contributed by atoms with E-state index in [2.05, 4.69) is 50.8 Å². The van der Waals surface area contributed by atoms with Gasteiger partial charge >= 0.3 is 0 Å². The first-order valence-corrected chi connectivity index (χ1v) is 7.89. The first-order chi connectivity index (χ1) is 9.24. The van der Waals surface area contributed by atoms with Gasteiger partial charge in [-0.15, -0.1) is 0 Å². The Morgan fingerprint density at radius 1 is 1.16 bits per heavy atom. The normalized spacial score (nSPS) is 10.5. The lowest BCUT2D eigenvalue weighted by Crippen LogP contribution is -2.12. The molecule has 0 aliphatic carbocycles. The van der Waals surface area contributed by atoms with Crippen molar-refractivity contribution in [2.24, 2.45) is 0 Å². The number of ether oxygens (including phenoxy) is 2. The van der Waals surface area contributed by atoms with E-state index in [0.717, 1.165) is 28.2 Å². The van der Waals surface area contributed by atoms with Crippen LogP contribution in [0.15, 0.2) is 29.0 Å². The highest BCUT2D eigenvalue weighted by Crippen LogP contribution is 2.33. The summed E-state index contributed by atoms with van der Waals surface area (Å²) in [6.45, 7) is 1.70. The Hall–Kier alpha value is -0.790. The van der Waals surface area contributed by atoms with Crippen molar-refractivity contribution in [3.8, 4) is 11.5 Å². The first kappa shape index (κ1) is 14.6. The van der Waals surface area contributed by atoms with Crippen LogP contribution in [-0.2, 0) is 13.1 Å². The molecule has 1 aromatic heterocycles. The van der Waals surface area contributed by atoms with Gasteiger partial charge in [0.15, 0.2) is 11.5 Å². The summed E-state index contributed by atoms with van der Waals surface area (Å²) < 4.78 is 11.7. The van der Waals surface area contributed by atoms with Crippen molar-refractivity contribution in [1.82, 2.24) is 5.32 Å². The van der Waals surface area contributed by atoms with E-state index < -0.39 is 0 Å². The molecule has 0 aliphatic heterocycles. The molecule has 0 spiro atoms. The molecule has 0 radical (unpaired) electrons. The average Bonchev–Trinajstić information content (AvgIpc) is 2.91. The van der Waals surface area contributed by atoms with Crippen LogP contribution in [0.25, 0.3) is 0 Å². The van der Waals surface area contributed by atoms with Gasteiger partial charge in [-0.1, -0.05) is 0 Å². The molecule has 0 fully saturated rings. The van der Waals surface area contributed by atoms with Gasteiger partial charge < -0.3 is 14.8 Å². The van der Waals surface area contributed by atoms with Gasteiger partial charge in [-0.2, -0.15) is 11.3 Å². The lowest BCUT2D eigenvalue weighted by molar-refractivity contribution is 0.352. The number of hydrogen-bond donors (Lipinski definition) is 1. The Kier molecular flexibility index (Phi) is 5.47. The van der Waals surface area contributed by atoms with Crippen molar-refractivity contribution in [2.45, 2.75) is 13.1 Å². The van der Waals surface area contributed by atoms with Crippen LogP contribution in [0.4, 0.5) is 0 Å². The van der Waals surface area contributed by atoms with Gasteiger partial charge in [0.05, 0.1) is 17.8 Å². The zero-order valence-corrected chi connectivity index (χ0v) is 13.9. The third kappa shape index (κ3) is 3.84. The lowest BCUT2D eigenvalue weighted by atomic mass is 10.2. The smallest absolute Gasteiger partial charge is 0.174 e. The van der Waals surface area contributed by atoms with E-state index in [1.54, 1.807) is 25.6 Å². The Morgan fingerprint density at radius 3 is 2.58 bits per heavy atom. The highest BCUT2D eigenvalue weighted by atomic mass is 127. The summed E-state index contributed by atoms with van der Waals surface area (Å²) in [7, 11) is 3.32. The zero-order valence-electron chi connectivity index (χ0n) is 10.9. The first-order valence-electron chi connectivity index (χ1n) is 5.86. The molecule has 19 heavy (non-hydrogen) atoms. The molecule has 3 nitrogen and oxygen atoms in total. The maximum atomic E-state index is 5.35. The van der Waals surface area contributed by atoms with E-state index in [1.807, 2.05) is 6.07 Å². The van der Waals surface area contributed by atoms with Crippen LogP contribution in [0.3, 0.4) is 0 Å². The Morgan fingerprint density at radius 2 is 1.95 bits per heavy atom. The number of halogens is 1.